The van der Waals surface area contributed by atoms with Crippen LogP contribution in [-0.4, -0.2) is 28.4 Å². The van der Waals surface area contributed by atoms with Gasteiger partial charge in [-0.15, -0.1) is 0 Å². The van der Waals surface area contributed by atoms with Gasteiger partial charge in [0.2, 0.25) is 0 Å². The summed E-state index contributed by atoms with van der Waals surface area (Å²) in [5.74, 6) is 0.418. The van der Waals surface area contributed by atoms with Crippen LogP contribution < -0.4 is 0 Å². The van der Waals surface area contributed by atoms with Gasteiger partial charge in [-0.1, -0.05) is 39.3 Å². The highest BCUT2D eigenvalue weighted by atomic mass is 35.5. The van der Waals surface area contributed by atoms with Crippen molar-refractivity contribution in [3.05, 3.63) is 28.5 Å². The van der Waals surface area contributed by atoms with Crippen molar-refractivity contribution in [3.63, 3.8) is 0 Å². The van der Waals surface area contributed by atoms with Crippen molar-refractivity contribution >= 4 is 17.5 Å². The summed E-state index contributed by atoms with van der Waals surface area (Å²) in [7, 11) is 0. The molecule has 112 valence electrons. The number of carbonyl (C=O) groups excluding carboxylic acids is 1. The van der Waals surface area contributed by atoms with Gasteiger partial charge in [-0.3, -0.25) is 9.78 Å². The fourth-order valence-corrected chi connectivity index (χ4v) is 2.65. The molecular formula is C16H25ClN2O. The summed E-state index contributed by atoms with van der Waals surface area (Å²) in [5.41, 5.74) is 1.33. The van der Waals surface area contributed by atoms with Crippen LogP contribution in [0.4, 0.5) is 0 Å². The number of aryl methyl sites for hydroxylation is 1. The number of aromatic nitrogens is 1. The first-order valence-electron chi connectivity index (χ1n) is 7.33. The van der Waals surface area contributed by atoms with Crippen LogP contribution in [-0.2, 0) is 0 Å². The number of pyridine rings is 1. The van der Waals surface area contributed by atoms with Crippen LogP contribution in [0.5, 0.6) is 0 Å². The zero-order valence-electron chi connectivity index (χ0n) is 13.1. The highest BCUT2D eigenvalue weighted by molar-refractivity contribution is 6.33. The Bertz CT molecular complexity index is 456. The van der Waals surface area contributed by atoms with Crippen molar-refractivity contribution in [2.45, 2.75) is 53.5 Å². The molecule has 0 saturated heterocycles. The summed E-state index contributed by atoms with van der Waals surface area (Å²) in [6.45, 7) is 11.1. The minimum atomic E-state index is -0.00935. The van der Waals surface area contributed by atoms with E-state index in [0.29, 0.717) is 16.5 Å². The number of rotatable bonds is 6. The molecular weight excluding hydrogens is 272 g/mol. The molecule has 1 rings (SSSR count). The average Bonchev–Trinajstić information content (AvgIpc) is 2.37. The summed E-state index contributed by atoms with van der Waals surface area (Å²) >= 11 is 6.21. The Morgan fingerprint density at radius 1 is 1.35 bits per heavy atom. The molecule has 0 aromatic carbocycles. The van der Waals surface area contributed by atoms with Crippen LogP contribution in [0.2, 0.25) is 5.02 Å². The molecule has 1 amide bonds. The molecule has 0 aliphatic heterocycles. The van der Waals surface area contributed by atoms with Gasteiger partial charge in [-0.2, -0.15) is 0 Å². The highest BCUT2D eigenvalue weighted by Gasteiger charge is 2.25. The second-order valence-corrected chi connectivity index (χ2v) is 6.03. The third kappa shape index (κ3) is 4.20. The van der Waals surface area contributed by atoms with Crippen LogP contribution in [0.25, 0.3) is 0 Å². The number of hydrogen-bond acceptors (Lipinski definition) is 2. The van der Waals surface area contributed by atoms with Crippen molar-refractivity contribution in [2.24, 2.45) is 5.92 Å². The summed E-state index contributed by atoms with van der Waals surface area (Å²) in [6, 6.07) is 2.00. The first-order valence-corrected chi connectivity index (χ1v) is 7.71. The van der Waals surface area contributed by atoms with E-state index in [1.807, 2.05) is 11.8 Å². The third-order valence-electron chi connectivity index (χ3n) is 3.43. The molecule has 0 saturated carbocycles. The molecule has 4 heteroatoms. The quantitative estimate of drug-likeness (QED) is 0.783. The molecule has 0 bridgehead atoms. The lowest BCUT2D eigenvalue weighted by atomic mass is 10.1. The Kier molecular flexibility index (Phi) is 6.47. The lowest BCUT2D eigenvalue weighted by molar-refractivity contribution is 0.0640. The van der Waals surface area contributed by atoms with Crippen LogP contribution >= 0.6 is 11.6 Å². The highest BCUT2D eigenvalue weighted by Crippen LogP contribution is 2.21. The Balaban J connectivity index is 3.09. The Morgan fingerprint density at radius 3 is 2.40 bits per heavy atom. The second kappa shape index (κ2) is 7.63. The van der Waals surface area contributed by atoms with Gasteiger partial charge in [0.15, 0.2) is 0 Å². The monoisotopic (exact) mass is 296 g/mol. The first kappa shape index (κ1) is 17.0. The van der Waals surface area contributed by atoms with E-state index in [0.717, 1.165) is 25.1 Å². The Morgan fingerprint density at radius 2 is 1.95 bits per heavy atom. The minimum absolute atomic E-state index is 0.00935. The fourth-order valence-electron chi connectivity index (χ4n) is 2.36. The second-order valence-electron chi connectivity index (χ2n) is 5.63. The van der Waals surface area contributed by atoms with E-state index in [4.69, 9.17) is 11.6 Å². The number of nitrogens with zero attached hydrogens (tertiary/aromatic N) is 2. The molecule has 0 aliphatic carbocycles. The zero-order valence-corrected chi connectivity index (χ0v) is 13.9. The number of halogens is 1. The molecule has 0 unspecified atom stereocenters. The zero-order chi connectivity index (χ0) is 15.3. The molecule has 0 spiro atoms. The summed E-state index contributed by atoms with van der Waals surface area (Å²) < 4.78 is 0. The van der Waals surface area contributed by atoms with Crippen LogP contribution in [0, 0.1) is 12.8 Å². The molecule has 3 nitrogen and oxygen atoms in total. The topological polar surface area (TPSA) is 33.2 Å². The predicted molar refractivity (Wildman–Crippen MR) is 84.2 cm³/mol. The van der Waals surface area contributed by atoms with E-state index in [1.165, 1.54) is 0 Å². The lowest BCUT2D eigenvalue weighted by Gasteiger charge is -2.32. The van der Waals surface area contributed by atoms with E-state index >= 15 is 0 Å². The van der Waals surface area contributed by atoms with E-state index in [2.05, 4.69) is 32.7 Å². The standard InChI is InChI=1S/C16H25ClN2O/c1-6-13(7-2)19(10-11(3)4)16(20)14-9-18-12(5)8-15(14)17/h8-9,11,13H,6-7,10H2,1-5H3. The number of amides is 1. The van der Waals surface area contributed by atoms with Crippen LogP contribution in [0.3, 0.4) is 0 Å². The predicted octanol–water partition coefficient (Wildman–Crippen LogP) is 4.33. The molecule has 0 N–H and O–H groups in total. The van der Waals surface area contributed by atoms with Crippen molar-refractivity contribution < 1.29 is 4.79 Å². The maximum atomic E-state index is 12.8. The van der Waals surface area contributed by atoms with Crippen molar-refractivity contribution in [1.82, 2.24) is 9.88 Å². The average molecular weight is 297 g/mol. The van der Waals surface area contributed by atoms with Crippen LogP contribution in [0.15, 0.2) is 12.3 Å². The molecule has 1 aromatic rings. The lowest BCUT2D eigenvalue weighted by Crippen LogP contribution is -2.42. The first-order chi connectivity index (χ1) is 9.40. The number of hydrogen-bond donors (Lipinski definition) is 0. The number of carbonyl (C=O) groups is 1. The largest absolute Gasteiger partial charge is 0.335 e. The molecule has 0 fully saturated rings. The summed E-state index contributed by atoms with van der Waals surface area (Å²) in [5, 5.41) is 0.488. The summed E-state index contributed by atoms with van der Waals surface area (Å²) in [4.78, 5) is 18.9. The Hall–Kier alpha value is -1.09. The minimum Gasteiger partial charge on any atom is -0.335 e. The van der Waals surface area contributed by atoms with Gasteiger partial charge in [0.25, 0.3) is 5.91 Å². The maximum absolute atomic E-state index is 12.8. The molecule has 1 aromatic heterocycles. The molecule has 0 aliphatic rings. The van der Waals surface area contributed by atoms with E-state index in [9.17, 15) is 4.79 Å². The van der Waals surface area contributed by atoms with E-state index in [-0.39, 0.29) is 11.9 Å². The van der Waals surface area contributed by atoms with Crippen LogP contribution in [0.1, 0.15) is 56.6 Å². The van der Waals surface area contributed by atoms with Crippen molar-refractivity contribution in [2.75, 3.05) is 6.54 Å². The molecule has 0 atom stereocenters. The van der Waals surface area contributed by atoms with Gasteiger partial charge in [0.05, 0.1) is 10.6 Å². The third-order valence-corrected chi connectivity index (χ3v) is 3.74. The van der Waals surface area contributed by atoms with Crippen molar-refractivity contribution in [3.8, 4) is 0 Å². The smallest absolute Gasteiger partial charge is 0.257 e. The Labute approximate surface area is 127 Å². The van der Waals surface area contributed by atoms with Crippen molar-refractivity contribution in [1.29, 1.82) is 0 Å². The maximum Gasteiger partial charge on any atom is 0.257 e. The van der Waals surface area contributed by atoms with Gasteiger partial charge in [-0.05, 0) is 31.7 Å². The van der Waals surface area contributed by atoms with Gasteiger partial charge < -0.3 is 4.90 Å². The van der Waals surface area contributed by atoms with Gasteiger partial charge in [0.1, 0.15) is 0 Å². The summed E-state index contributed by atoms with van der Waals surface area (Å²) in [6.07, 6.45) is 3.49. The van der Waals surface area contributed by atoms with E-state index < -0.39 is 0 Å². The van der Waals surface area contributed by atoms with Gasteiger partial charge in [0, 0.05) is 24.5 Å². The van der Waals surface area contributed by atoms with Gasteiger partial charge in [-0.25, -0.2) is 0 Å². The normalized spacial score (nSPS) is 11.2. The molecule has 0 radical (unpaired) electrons. The SMILES string of the molecule is CCC(CC)N(CC(C)C)C(=O)c1cnc(C)cc1Cl. The van der Waals surface area contributed by atoms with E-state index in [1.54, 1.807) is 12.3 Å². The van der Waals surface area contributed by atoms with Gasteiger partial charge >= 0.3 is 0 Å². The fraction of sp³-hybridized carbons (Fsp3) is 0.625. The molecule has 1 heterocycles. The molecule has 20 heavy (non-hydrogen) atoms.